The number of hydrogen-bond donors (Lipinski definition) is 2. The minimum atomic E-state index is -3.42. The molecule has 0 unspecified atom stereocenters. The van der Waals surface area contributed by atoms with E-state index in [0.29, 0.717) is 0 Å². The molecule has 8 nitrogen and oxygen atoms in total. The van der Waals surface area contributed by atoms with Crippen LogP contribution in [0.15, 0.2) is 30.5 Å². The number of nitrogens with zero attached hydrogens (tertiary/aromatic N) is 3. The molecule has 0 aliphatic carbocycles. The Balaban J connectivity index is 2.00. The molecule has 0 saturated carbocycles. The molecular formula is C13H17N5O3S. The third kappa shape index (κ3) is 4.55. The van der Waals surface area contributed by atoms with Crippen LogP contribution in [0.25, 0.3) is 0 Å². The van der Waals surface area contributed by atoms with Gasteiger partial charge in [-0.25, -0.2) is 13.1 Å². The maximum atomic E-state index is 12.0. The Kier molecular flexibility index (Phi) is 4.76. The molecule has 0 radical (unpaired) electrons. The van der Waals surface area contributed by atoms with Crippen molar-refractivity contribution < 1.29 is 13.2 Å². The lowest BCUT2D eigenvalue weighted by atomic mass is 10.1. The first-order valence-corrected chi connectivity index (χ1v) is 8.52. The second kappa shape index (κ2) is 6.56. The molecule has 0 aliphatic rings. The van der Waals surface area contributed by atoms with Crippen molar-refractivity contribution in [2.75, 3.05) is 16.3 Å². The predicted octanol–water partition coefficient (Wildman–Crippen LogP) is 0.851. The van der Waals surface area contributed by atoms with Crippen LogP contribution in [0.3, 0.4) is 0 Å². The molecule has 0 saturated heterocycles. The van der Waals surface area contributed by atoms with Gasteiger partial charge in [0, 0.05) is 5.69 Å². The van der Waals surface area contributed by atoms with Gasteiger partial charge in [-0.05, 0) is 18.1 Å². The number of nitrogens with one attached hydrogen (secondary N) is 2. The zero-order chi connectivity index (χ0) is 16.2. The number of amides is 1. The molecule has 1 aromatic carbocycles. The quantitative estimate of drug-likeness (QED) is 0.820. The van der Waals surface area contributed by atoms with Crippen molar-refractivity contribution >= 4 is 27.4 Å². The average Bonchev–Trinajstić information content (AvgIpc) is 2.84. The van der Waals surface area contributed by atoms with Crippen LogP contribution in [-0.4, -0.2) is 35.6 Å². The summed E-state index contributed by atoms with van der Waals surface area (Å²) in [7, 11) is -3.42. The number of carbonyl (C=O) groups is 1. The molecule has 0 spiro atoms. The van der Waals surface area contributed by atoms with Crippen LogP contribution in [0.5, 0.6) is 0 Å². The van der Waals surface area contributed by atoms with Crippen molar-refractivity contribution in [3.63, 3.8) is 0 Å². The standard InChI is InChI=1S/C13H17N5O3S/c1-3-10-6-4-5-7-11(10)14-13(19)9-18-8-12(15-17-18)16-22(2,20)21/h4-8,16H,3,9H2,1-2H3,(H,14,19). The molecule has 22 heavy (non-hydrogen) atoms. The van der Waals surface area contributed by atoms with Gasteiger partial charge in [0.1, 0.15) is 6.54 Å². The van der Waals surface area contributed by atoms with Gasteiger partial charge in [-0.1, -0.05) is 30.3 Å². The molecule has 2 aromatic rings. The first-order valence-electron chi connectivity index (χ1n) is 6.63. The fourth-order valence-electron chi connectivity index (χ4n) is 1.90. The number of aromatic nitrogens is 3. The SMILES string of the molecule is CCc1ccccc1NC(=O)Cn1cc(NS(C)(=O)=O)nn1. The van der Waals surface area contributed by atoms with E-state index in [4.69, 9.17) is 0 Å². The van der Waals surface area contributed by atoms with Crippen LogP contribution < -0.4 is 10.0 Å². The van der Waals surface area contributed by atoms with Crippen molar-refractivity contribution in [1.29, 1.82) is 0 Å². The van der Waals surface area contributed by atoms with E-state index in [-0.39, 0.29) is 18.3 Å². The van der Waals surface area contributed by atoms with Crippen LogP contribution in [0.4, 0.5) is 11.5 Å². The number of hydrogen-bond acceptors (Lipinski definition) is 5. The van der Waals surface area contributed by atoms with Gasteiger partial charge >= 0.3 is 0 Å². The summed E-state index contributed by atoms with van der Waals surface area (Å²) < 4.78 is 25.6. The van der Waals surface area contributed by atoms with Gasteiger partial charge in [0.2, 0.25) is 15.9 Å². The van der Waals surface area contributed by atoms with Crippen LogP contribution in [0.1, 0.15) is 12.5 Å². The molecule has 1 heterocycles. The number of aryl methyl sites for hydroxylation is 1. The second-order valence-electron chi connectivity index (χ2n) is 4.73. The maximum Gasteiger partial charge on any atom is 0.246 e. The topological polar surface area (TPSA) is 106 Å². The number of rotatable bonds is 6. The summed E-state index contributed by atoms with van der Waals surface area (Å²) in [5, 5.41) is 10.1. The van der Waals surface area contributed by atoms with Gasteiger partial charge in [-0.15, -0.1) is 5.10 Å². The van der Waals surface area contributed by atoms with E-state index in [9.17, 15) is 13.2 Å². The van der Waals surface area contributed by atoms with Gasteiger partial charge in [0.15, 0.2) is 5.82 Å². The number of anilines is 2. The summed E-state index contributed by atoms with van der Waals surface area (Å²) in [6.45, 7) is 1.95. The summed E-state index contributed by atoms with van der Waals surface area (Å²) in [5.41, 5.74) is 1.79. The first kappa shape index (κ1) is 16.0. The average molecular weight is 323 g/mol. The van der Waals surface area contributed by atoms with Crippen LogP contribution >= 0.6 is 0 Å². The Morgan fingerprint density at radius 2 is 2.05 bits per heavy atom. The van der Waals surface area contributed by atoms with Crippen LogP contribution in [-0.2, 0) is 27.8 Å². The zero-order valence-corrected chi connectivity index (χ0v) is 13.1. The Hall–Kier alpha value is -2.42. The maximum absolute atomic E-state index is 12.0. The number of carbonyl (C=O) groups excluding carboxylic acids is 1. The normalized spacial score (nSPS) is 11.2. The molecule has 0 aliphatic heterocycles. The Bertz CT molecular complexity index is 769. The molecule has 1 amide bonds. The zero-order valence-electron chi connectivity index (χ0n) is 12.3. The smallest absolute Gasteiger partial charge is 0.246 e. The number of para-hydroxylation sites is 1. The summed E-state index contributed by atoms with van der Waals surface area (Å²) in [6, 6.07) is 7.53. The lowest BCUT2D eigenvalue weighted by Gasteiger charge is -2.09. The van der Waals surface area contributed by atoms with Gasteiger partial charge < -0.3 is 5.32 Å². The highest BCUT2D eigenvalue weighted by atomic mass is 32.2. The highest BCUT2D eigenvalue weighted by Gasteiger charge is 2.10. The molecule has 9 heteroatoms. The third-order valence-corrected chi connectivity index (χ3v) is 3.39. The third-order valence-electron chi connectivity index (χ3n) is 2.81. The lowest BCUT2D eigenvalue weighted by molar-refractivity contribution is -0.116. The van der Waals surface area contributed by atoms with Crippen molar-refractivity contribution in [2.45, 2.75) is 19.9 Å². The summed E-state index contributed by atoms with van der Waals surface area (Å²) in [6.07, 6.45) is 3.18. The van der Waals surface area contributed by atoms with E-state index in [2.05, 4.69) is 20.4 Å². The molecule has 0 fully saturated rings. The Morgan fingerprint density at radius 3 is 2.73 bits per heavy atom. The fraction of sp³-hybridized carbons (Fsp3) is 0.308. The lowest BCUT2D eigenvalue weighted by Crippen LogP contribution is -2.19. The minimum Gasteiger partial charge on any atom is -0.324 e. The number of benzene rings is 1. The van der Waals surface area contributed by atoms with Crippen molar-refractivity contribution in [3.8, 4) is 0 Å². The highest BCUT2D eigenvalue weighted by molar-refractivity contribution is 7.92. The van der Waals surface area contributed by atoms with Gasteiger partial charge in [0.25, 0.3) is 0 Å². The van der Waals surface area contributed by atoms with Crippen LogP contribution in [0.2, 0.25) is 0 Å². The van der Waals surface area contributed by atoms with E-state index < -0.39 is 10.0 Å². The van der Waals surface area contributed by atoms with Crippen molar-refractivity contribution in [1.82, 2.24) is 15.0 Å². The molecule has 0 atom stereocenters. The van der Waals surface area contributed by atoms with Gasteiger partial charge in [-0.3, -0.25) is 9.52 Å². The molecular weight excluding hydrogens is 306 g/mol. The van der Waals surface area contributed by atoms with Gasteiger partial charge in [-0.2, -0.15) is 0 Å². The van der Waals surface area contributed by atoms with E-state index in [0.717, 1.165) is 23.9 Å². The first-order chi connectivity index (χ1) is 10.4. The van der Waals surface area contributed by atoms with Crippen LogP contribution in [0, 0.1) is 0 Å². The Labute approximate surface area is 128 Å². The predicted molar refractivity (Wildman–Crippen MR) is 82.9 cm³/mol. The molecule has 2 rings (SSSR count). The summed E-state index contributed by atoms with van der Waals surface area (Å²) in [5.74, 6) is -0.194. The fourth-order valence-corrected chi connectivity index (χ4v) is 2.37. The molecule has 118 valence electrons. The molecule has 0 bridgehead atoms. The highest BCUT2D eigenvalue weighted by Crippen LogP contribution is 2.15. The van der Waals surface area contributed by atoms with E-state index in [1.807, 2.05) is 31.2 Å². The summed E-state index contributed by atoms with van der Waals surface area (Å²) >= 11 is 0. The minimum absolute atomic E-state index is 0.0590. The van der Waals surface area contributed by atoms with E-state index in [1.165, 1.54) is 10.9 Å². The molecule has 1 aromatic heterocycles. The summed E-state index contributed by atoms with van der Waals surface area (Å²) in [4.78, 5) is 12.0. The van der Waals surface area contributed by atoms with Gasteiger partial charge in [0.05, 0.1) is 12.5 Å². The van der Waals surface area contributed by atoms with E-state index >= 15 is 0 Å². The molecule has 2 N–H and O–H groups in total. The van der Waals surface area contributed by atoms with Crippen molar-refractivity contribution in [3.05, 3.63) is 36.0 Å². The largest absolute Gasteiger partial charge is 0.324 e. The Morgan fingerprint density at radius 1 is 1.32 bits per heavy atom. The number of sulfonamides is 1. The van der Waals surface area contributed by atoms with Crippen molar-refractivity contribution in [2.24, 2.45) is 0 Å². The second-order valence-corrected chi connectivity index (χ2v) is 6.48. The monoisotopic (exact) mass is 323 g/mol. The van der Waals surface area contributed by atoms with E-state index in [1.54, 1.807) is 0 Å².